The second-order valence-electron chi connectivity index (χ2n) is 4.50. The number of urea groups is 1. The largest absolute Gasteiger partial charge is 0.417 e. The van der Waals surface area contributed by atoms with Crippen molar-refractivity contribution in [3.05, 3.63) is 28.5 Å². The highest BCUT2D eigenvalue weighted by Gasteiger charge is 2.14. The lowest BCUT2D eigenvalue weighted by atomic mass is 10.2. The second-order valence-corrected chi connectivity index (χ2v) is 4.50. The van der Waals surface area contributed by atoms with Gasteiger partial charge >= 0.3 is 11.8 Å². The molecule has 0 saturated heterocycles. The molecule has 2 aromatic rings. The highest BCUT2D eigenvalue weighted by atomic mass is 19.1. The van der Waals surface area contributed by atoms with Gasteiger partial charge in [0.2, 0.25) is 5.91 Å². The lowest BCUT2D eigenvalue weighted by Gasteiger charge is -2.12. The van der Waals surface area contributed by atoms with Crippen LogP contribution < -0.4 is 22.1 Å². The first-order valence-corrected chi connectivity index (χ1v) is 6.03. The van der Waals surface area contributed by atoms with Crippen molar-refractivity contribution in [1.82, 2.24) is 10.3 Å². The number of amides is 3. The standard InChI is InChI=1S/C12H13FN4O4/c1-5(15-11(14)19)2-10(18)16-7-4-9-8(3-6(7)13)17-12(20)21-9/h3-5H,2H2,1H3,(H,16,18)(H,17,20)(H3,14,15,19). The quantitative estimate of drug-likeness (QED) is 0.659. The number of fused-ring (bicyclic) bond motifs is 1. The molecule has 1 heterocycles. The normalized spacial score (nSPS) is 12.1. The molecule has 0 spiro atoms. The third kappa shape index (κ3) is 3.59. The number of anilines is 1. The first kappa shape index (κ1) is 14.6. The van der Waals surface area contributed by atoms with Crippen LogP contribution in [0.25, 0.3) is 11.1 Å². The highest BCUT2D eigenvalue weighted by molar-refractivity contribution is 5.93. The Morgan fingerprint density at radius 1 is 1.48 bits per heavy atom. The zero-order valence-electron chi connectivity index (χ0n) is 11.0. The number of oxazole rings is 1. The van der Waals surface area contributed by atoms with Crippen LogP contribution in [-0.4, -0.2) is 23.0 Å². The Labute approximate surface area is 117 Å². The molecule has 0 saturated carbocycles. The zero-order valence-corrected chi connectivity index (χ0v) is 11.0. The van der Waals surface area contributed by atoms with Crippen LogP contribution in [0.1, 0.15) is 13.3 Å². The maximum Gasteiger partial charge on any atom is 0.417 e. The summed E-state index contributed by atoms with van der Waals surface area (Å²) in [6, 6.07) is 0.990. The first-order chi connectivity index (χ1) is 9.85. The average molecular weight is 296 g/mol. The van der Waals surface area contributed by atoms with Gasteiger partial charge in [-0.3, -0.25) is 9.78 Å². The summed E-state index contributed by atoms with van der Waals surface area (Å²) in [4.78, 5) is 35.6. The SMILES string of the molecule is CC(CC(=O)Nc1cc2oc(=O)[nH]c2cc1F)NC(N)=O. The van der Waals surface area contributed by atoms with Gasteiger partial charge in [-0.1, -0.05) is 0 Å². The zero-order chi connectivity index (χ0) is 15.6. The van der Waals surface area contributed by atoms with E-state index in [9.17, 15) is 18.8 Å². The highest BCUT2D eigenvalue weighted by Crippen LogP contribution is 2.21. The molecule has 0 radical (unpaired) electrons. The number of hydrogen-bond donors (Lipinski definition) is 4. The summed E-state index contributed by atoms with van der Waals surface area (Å²) >= 11 is 0. The van der Waals surface area contributed by atoms with Crippen LogP contribution in [0, 0.1) is 5.82 Å². The fourth-order valence-corrected chi connectivity index (χ4v) is 1.84. The number of aromatic nitrogens is 1. The van der Waals surface area contributed by atoms with Crippen molar-refractivity contribution in [2.45, 2.75) is 19.4 Å². The number of rotatable bonds is 4. The van der Waals surface area contributed by atoms with Crippen molar-refractivity contribution in [2.75, 3.05) is 5.32 Å². The molecule has 1 aromatic heterocycles. The Morgan fingerprint density at radius 2 is 2.19 bits per heavy atom. The van der Waals surface area contributed by atoms with Gasteiger partial charge in [0.25, 0.3) is 0 Å². The van der Waals surface area contributed by atoms with Gasteiger partial charge in [-0.2, -0.15) is 0 Å². The molecule has 0 aliphatic rings. The van der Waals surface area contributed by atoms with E-state index in [1.54, 1.807) is 6.92 Å². The maximum absolute atomic E-state index is 13.8. The van der Waals surface area contributed by atoms with E-state index in [0.29, 0.717) is 0 Å². The van der Waals surface area contributed by atoms with E-state index in [1.165, 1.54) is 6.07 Å². The fraction of sp³-hybridized carbons (Fsp3) is 0.250. The number of carbonyl (C=O) groups is 2. The number of benzene rings is 1. The topological polar surface area (TPSA) is 130 Å². The summed E-state index contributed by atoms with van der Waals surface area (Å²) in [5, 5.41) is 4.66. The van der Waals surface area contributed by atoms with Gasteiger partial charge < -0.3 is 20.8 Å². The lowest BCUT2D eigenvalue weighted by Crippen LogP contribution is -2.38. The number of carbonyl (C=O) groups excluding carboxylic acids is 2. The molecule has 2 rings (SSSR count). The number of hydrogen-bond acceptors (Lipinski definition) is 4. The predicted octanol–water partition coefficient (Wildman–Crippen LogP) is 0.646. The van der Waals surface area contributed by atoms with Crippen molar-refractivity contribution >= 4 is 28.7 Å². The lowest BCUT2D eigenvalue weighted by molar-refractivity contribution is -0.116. The summed E-state index contributed by atoms with van der Waals surface area (Å²) in [6.45, 7) is 1.58. The number of nitrogens with two attached hydrogens (primary N) is 1. The number of aromatic amines is 1. The number of H-pyrrole nitrogens is 1. The van der Waals surface area contributed by atoms with Gasteiger partial charge in [0.05, 0.1) is 11.2 Å². The molecule has 1 atom stereocenters. The number of primary amides is 1. The Morgan fingerprint density at radius 3 is 2.86 bits per heavy atom. The summed E-state index contributed by atoms with van der Waals surface area (Å²) in [5.41, 5.74) is 5.12. The third-order valence-corrected chi connectivity index (χ3v) is 2.66. The van der Waals surface area contributed by atoms with Crippen LogP contribution >= 0.6 is 0 Å². The minimum atomic E-state index is -0.753. The summed E-state index contributed by atoms with van der Waals surface area (Å²) < 4.78 is 18.5. The molecule has 3 amide bonds. The van der Waals surface area contributed by atoms with E-state index in [2.05, 4.69) is 15.6 Å². The van der Waals surface area contributed by atoms with Crippen molar-refractivity contribution in [3.8, 4) is 0 Å². The molecule has 8 nitrogen and oxygen atoms in total. The monoisotopic (exact) mass is 296 g/mol. The van der Waals surface area contributed by atoms with Crippen LogP contribution in [-0.2, 0) is 4.79 Å². The van der Waals surface area contributed by atoms with E-state index in [1.807, 2.05) is 0 Å². The third-order valence-electron chi connectivity index (χ3n) is 2.66. The molecule has 0 aliphatic carbocycles. The average Bonchev–Trinajstić information content (AvgIpc) is 2.67. The van der Waals surface area contributed by atoms with Crippen molar-refractivity contribution in [3.63, 3.8) is 0 Å². The van der Waals surface area contributed by atoms with Crippen molar-refractivity contribution < 1.29 is 18.4 Å². The second kappa shape index (κ2) is 5.65. The Hall–Kier alpha value is -2.84. The van der Waals surface area contributed by atoms with Crippen LogP contribution in [0.3, 0.4) is 0 Å². The van der Waals surface area contributed by atoms with Crippen LogP contribution in [0.5, 0.6) is 0 Å². The molecule has 1 unspecified atom stereocenters. The molecule has 1 aromatic carbocycles. The molecular weight excluding hydrogens is 283 g/mol. The number of halogens is 1. The van der Waals surface area contributed by atoms with Crippen LogP contribution in [0.15, 0.2) is 21.3 Å². The van der Waals surface area contributed by atoms with Gasteiger partial charge in [0, 0.05) is 24.6 Å². The van der Waals surface area contributed by atoms with Gasteiger partial charge in [-0.15, -0.1) is 0 Å². The molecule has 0 bridgehead atoms. The van der Waals surface area contributed by atoms with Gasteiger partial charge in [-0.05, 0) is 6.92 Å². The molecule has 0 aliphatic heterocycles. The smallest absolute Gasteiger partial charge is 0.408 e. The van der Waals surface area contributed by atoms with E-state index in [4.69, 9.17) is 10.2 Å². The Kier molecular flexibility index (Phi) is 3.92. The summed E-state index contributed by atoms with van der Waals surface area (Å²) in [7, 11) is 0. The molecule has 112 valence electrons. The minimum absolute atomic E-state index is 0.0858. The van der Waals surface area contributed by atoms with Gasteiger partial charge in [0.15, 0.2) is 5.58 Å². The molecule has 9 heteroatoms. The Bertz CT molecular complexity index is 751. The molecule has 0 fully saturated rings. The predicted molar refractivity (Wildman–Crippen MR) is 72.2 cm³/mol. The van der Waals surface area contributed by atoms with Crippen molar-refractivity contribution in [2.24, 2.45) is 5.73 Å². The molecule has 21 heavy (non-hydrogen) atoms. The summed E-state index contributed by atoms with van der Waals surface area (Å²) in [6.07, 6.45) is -0.0858. The fourth-order valence-electron chi connectivity index (χ4n) is 1.84. The number of nitrogens with one attached hydrogen (secondary N) is 3. The molecular formula is C12H13FN4O4. The van der Waals surface area contributed by atoms with E-state index >= 15 is 0 Å². The van der Waals surface area contributed by atoms with Gasteiger partial charge in [0.1, 0.15) is 5.82 Å². The van der Waals surface area contributed by atoms with E-state index < -0.39 is 29.6 Å². The van der Waals surface area contributed by atoms with Gasteiger partial charge in [-0.25, -0.2) is 14.0 Å². The Balaban J connectivity index is 2.11. The maximum atomic E-state index is 13.8. The molecule has 5 N–H and O–H groups in total. The first-order valence-electron chi connectivity index (χ1n) is 6.03. The minimum Gasteiger partial charge on any atom is -0.408 e. The van der Waals surface area contributed by atoms with Crippen molar-refractivity contribution in [1.29, 1.82) is 0 Å². The van der Waals surface area contributed by atoms with Crippen LogP contribution in [0.2, 0.25) is 0 Å². The van der Waals surface area contributed by atoms with Crippen LogP contribution in [0.4, 0.5) is 14.9 Å². The summed E-state index contributed by atoms with van der Waals surface area (Å²) in [5.74, 6) is -1.96. The van der Waals surface area contributed by atoms with E-state index in [-0.39, 0.29) is 23.2 Å². The van der Waals surface area contributed by atoms with E-state index in [0.717, 1.165) is 6.07 Å².